The fraction of sp³-hybridized carbons (Fsp3) is 0.656. The van der Waals surface area contributed by atoms with E-state index in [1.807, 2.05) is 34.6 Å². The van der Waals surface area contributed by atoms with Crippen molar-refractivity contribution in [3.05, 3.63) is 32.2 Å². The van der Waals surface area contributed by atoms with Gasteiger partial charge in [-0.05, 0) is 37.5 Å². The highest BCUT2D eigenvalue weighted by Crippen LogP contribution is 2.35. The molecule has 5 amide bonds. The quantitative estimate of drug-likeness (QED) is 0.307. The van der Waals surface area contributed by atoms with Gasteiger partial charge in [-0.1, -0.05) is 54.4 Å². The molecule has 5 N–H and O–H groups in total. The van der Waals surface area contributed by atoms with Gasteiger partial charge in [-0.25, -0.2) is 9.97 Å². The van der Waals surface area contributed by atoms with E-state index >= 15 is 0 Å². The number of thiazole rings is 2. The van der Waals surface area contributed by atoms with Gasteiger partial charge in [0.25, 0.3) is 11.8 Å². The number of aliphatic hydroxyl groups is 1. The van der Waals surface area contributed by atoms with Gasteiger partial charge in [0.05, 0.1) is 18.2 Å². The Balaban J connectivity index is 1.77. The standard InChI is InChI=1S/C32H47N7O6S2/c1-8-16(5)23-28(43)38-25(18(7)40)29(44)35-22(15(3)4)32(45)39-12-10-11-21(39)30-33-19(13-46-30)27(42)37-24(17(6)9-2)31-34-20(14-47-31)26(41)36-23/h13-18,21-25,40H,8-12H2,1-7H3,(H,35,44)(H,36,41)(H,37,42)(H,38,43). The number of carbonyl (C=O) groups excluding carboxylic acids is 5. The molecule has 0 spiro atoms. The normalized spacial score (nSPS) is 26.8. The van der Waals surface area contributed by atoms with Crippen LogP contribution in [0.4, 0.5) is 0 Å². The number of aliphatic hydroxyl groups excluding tert-OH is 1. The van der Waals surface area contributed by atoms with Crippen molar-refractivity contribution < 1.29 is 29.1 Å². The van der Waals surface area contributed by atoms with Crippen molar-refractivity contribution in [2.45, 2.75) is 110 Å². The molecule has 2 aromatic rings. The van der Waals surface area contributed by atoms with Gasteiger partial charge >= 0.3 is 0 Å². The molecule has 0 aromatic carbocycles. The fourth-order valence-corrected chi connectivity index (χ4v) is 7.69. The predicted molar refractivity (Wildman–Crippen MR) is 179 cm³/mol. The van der Waals surface area contributed by atoms with Crippen LogP contribution >= 0.6 is 22.7 Å². The molecule has 8 atom stereocenters. The van der Waals surface area contributed by atoms with Gasteiger partial charge in [-0.3, -0.25) is 24.0 Å². The van der Waals surface area contributed by atoms with E-state index < -0.39 is 48.0 Å². The van der Waals surface area contributed by atoms with Crippen molar-refractivity contribution in [2.24, 2.45) is 17.8 Å². The number of nitrogens with one attached hydrogen (secondary N) is 4. The molecular formula is C32H47N7O6S2. The van der Waals surface area contributed by atoms with Crippen LogP contribution in [-0.4, -0.2) is 80.3 Å². The zero-order chi connectivity index (χ0) is 34.6. The molecule has 15 heteroatoms. The molecule has 4 rings (SSSR count). The van der Waals surface area contributed by atoms with Gasteiger partial charge in [0.1, 0.15) is 39.5 Å². The lowest BCUT2D eigenvalue weighted by Gasteiger charge is -2.32. The molecule has 258 valence electrons. The first-order valence-corrected chi connectivity index (χ1v) is 18.1. The van der Waals surface area contributed by atoms with Crippen LogP contribution in [0.25, 0.3) is 0 Å². The maximum absolute atomic E-state index is 14.0. The molecule has 0 saturated carbocycles. The number of rotatable bonds is 6. The Kier molecular flexibility index (Phi) is 12.1. The first-order valence-electron chi connectivity index (χ1n) is 16.4. The summed E-state index contributed by atoms with van der Waals surface area (Å²) in [4.78, 5) is 79.1. The Bertz CT molecular complexity index is 1460. The smallest absolute Gasteiger partial charge is 0.271 e. The summed E-state index contributed by atoms with van der Waals surface area (Å²) >= 11 is 2.54. The topological polar surface area (TPSA) is 183 Å². The van der Waals surface area contributed by atoms with Crippen molar-refractivity contribution in [1.82, 2.24) is 36.1 Å². The number of aromatic nitrogens is 2. The minimum Gasteiger partial charge on any atom is -0.391 e. The highest BCUT2D eigenvalue weighted by Gasteiger charge is 2.40. The van der Waals surface area contributed by atoms with Crippen LogP contribution in [0, 0.1) is 17.8 Å². The largest absolute Gasteiger partial charge is 0.391 e. The zero-order valence-corrected chi connectivity index (χ0v) is 29.7. The minimum absolute atomic E-state index is 0.0160. The zero-order valence-electron chi connectivity index (χ0n) is 28.0. The SMILES string of the molecule is CCC(C)C1NC(=O)c2csc(n2)C(C(C)CC)NC(=O)c2csc(n2)C2CCCN2C(=O)C(C(C)C)NC(=O)C(C(C)O)NC1=O. The van der Waals surface area contributed by atoms with Crippen molar-refractivity contribution in [3.63, 3.8) is 0 Å². The third-order valence-corrected chi connectivity index (χ3v) is 11.0. The van der Waals surface area contributed by atoms with E-state index in [2.05, 4.69) is 31.2 Å². The number of fused-ring (bicyclic) bond motifs is 6. The Morgan fingerprint density at radius 1 is 0.766 bits per heavy atom. The van der Waals surface area contributed by atoms with E-state index in [1.54, 1.807) is 22.6 Å². The van der Waals surface area contributed by atoms with Crippen molar-refractivity contribution in [3.8, 4) is 0 Å². The maximum Gasteiger partial charge on any atom is 0.271 e. The Morgan fingerprint density at radius 3 is 1.85 bits per heavy atom. The third kappa shape index (κ3) is 8.18. The average Bonchev–Trinajstić information content (AvgIpc) is 3.82. The minimum atomic E-state index is -1.38. The molecule has 1 saturated heterocycles. The molecule has 1 fully saturated rings. The van der Waals surface area contributed by atoms with Gasteiger partial charge in [-0.2, -0.15) is 0 Å². The van der Waals surface area contributed by atoms with Crippen LogP contribution in [-0.2, 0) is 14.4 Å². The van der Waals surface area contributed by atoms with Crippen LogP contribution in [0.1, 0.15) is 117 Å². The first kappa shape index (κ1) is 36.4. The van der Waals surface area contributed by atoms with Crippen LogP contribution in [0.3, 0.4) is 0 Å². The second kappa shape index (κ2) is 15.6. The summed E-state index contributed by atoms with van der Waals surface area (Å²) in [5, 5.41) is 26.3. The molecule has 0 radical (unpaired) electrons. The van der Waals surface area contributed by atoms with Gasteiger partial charge < -0.3 is 31.3 Å². The summed E-state index contributed by atoms with van der Waals surface area (Å²) in [7, 11) is 0. The van der Waals surface area contributed by atoms with E-state index in [-0.39, 0.29) is 47.0 Å². The molecule has 0 aliphatic carbocycles. The monoisotopic (exact) mass is 689 g/mol. The summed E-state index contributed by atoms with van der Waals surface area (Å²) in [5.41, 5.74) is 0.326. The number of amides is 5. The molecule has 8 unspecified atom stereocenters. The van der Waals surface area contributed by atoms with Gasteiger partial charge in [-0.15, -0.1) is 22.7 Å². The summed E-state index contributed by atoms with van der Waals surface area (Å²) in [5.74, 6) is -3.30. The molecule has 4 bridgehead atoms. The Hall–Kier alpha value is -3.43. The summed E-state index contributed by atoms with van der Waals surface area (Å²) in [6.07, 6.45) is 1.36. The van der Waals surface area contributed by atoms with Crippen molar-refractivity contribution >= 4 is 52.2 Å². The van der Waals surface area contributed by atoms with E-state index in [1.165, 1.54) is 29.6 Å². The van der Waals surface area contributed by atoms with Crippen LogP contribution in [0.2, 0.25) is 0 Å². The Morgan fingerprint density at radius 2 is 1.28 bits per heavy atom. The maximum atomic E-state index is 14.0. The molecule has 2 aromatic heterocycles. The Labute approximate surface area is 283 Å². The van der Waals surface area contributed by atoms with E-state index in [9.17, 15) is 29.1 Å². The van der Waals surface area contributed by atoms with E-state index in [0.29, 0.717) is 29.4 Å². The van der Waals surface area contributed by atoms with Crippen LogP contribution in [0.15, 0.2) is 10.8 Å². The molecule has 47 heavy (non-hydrogen) atoms. The molecule has 2 aliphatic rings. The predicted octanol–water partition coefficient (Wildman–Crippen LogP) is 2.94. The van der Waals surface area contributed by atoms with Gasteiger partial charge in [0.2, 0.25) is 17.7 Å². The summed E-state index contributed by atoms with van der Waals surface area (Å²) in [6.45, 7) is 13.1. The first-order chi connectivity index (χ1) is 22.3. The van der Waals surface area contributed by atoms with Crippen LogP contribution in [0.5, 0.6) is 0 Å². The lowest BCUT2D eigenvalue weighted by molar-refractivity contribution is -0.140. The third-order valence-electron chi connectivity index (χ3n) is 9.17. The number of nitrogens with zero attached hydrogens (tertiary/aromatic N) is 3. The highest BCUT2D eigenvalue weighted by molar-refractivity contribution is 7.10. The molecule has 2 aliphatic heterocycles. The number of carbonyl (C=O) groups is 5. The lowest BCUT2D eigenvalue weighted by atomic mass is 9.97. The van der Waals surface area contributed by atoms with E-state index in [4.69, 9.17) is 0 Å². The average molecular weight is 690 g/mol. The van der Waals surface area contributed by atoms with Crippen molar-refractivity contribution in [1.29, 1.82) is 0 Å². The second-order valence-corrected chi connectivity index (χ2v) is 14.7. The van der Waals surface area contributed by atoms with E-state index in [0.717, 1.165) is 12.8 Å². The van der Waals surface area contributed by atoms with Gasteiger partial charge in [0.15, 0.2) is 0 Å². The highest BCUT2D eigenvalue weighted by atomic mass is 32.1. The molecular weight excluding hydrogens is 643 g/mol. The molecule has 4 heterocycles. The summed E-state index contributed by atoms with van der Waals surface area (Å²) < 4.78 is 0. The summed E-state index contributed by atoms with van der Waals surface area (Å²) in [6, 6.07) is -4.24. The van der Waals surface area contributed by atoms with Crippen molar-refractivity contribution in [2.75, 3.05) is 6.54 Å². The van der Waals surface area contributed by atoms with Crippen LogP contribution < -0.4 is 21.3 Å². The number of hydrogen-bond donors (Lipinski definition) is 5. The number of hydrogen-bond acceptors (Lipinski definition) is 10. The second-order valence-electron chi connectivity index (χ2n) is 13.0. The molecule has 13 nitrogen and oxygen atoms in total. The lowest BCUT2D eigenvalue weighted by Crippen LogP contribution is -2.61. The fourth-order valence-electron chi connectivity index (χ4n) is 5.77. The van der Waals surface area contributed by atoms with Gasteiger partial charge in [0, 0.05) is 17.3 Å².